The minimum Gasteiger partial charge on any atom is -0.493 e. The molecule has 27 heavy (non-hydrogen) atoms. The van der Waals surface area contributed by atoms with Gasteiger partial charge in [-0.3, -0.25) is 4.79 Å². The third kappa shape index (κ3) is 3.65. The fraction of sp³-hybridized carbons (Fsp3) is 0.238. The van der Waals surface area contributed by atoms with E-state index in [0.29, 0.717) is 29.0 Å². The monoisotopic (exact) mass is 367 g/mol. The number of carbonyl (C=O) groups is 1. The second-order valence-electron chi connectivity index (χ2n) is 6.28. The summed E-state index contributed by atoms with van der Waals surface area (Å²) >= 11 is 0. The molecule has 140 valence electrons. The third-order valence-corrected chi connectivity index (χ3v) is 4.47. The number of fused-ring (bicyclic) bond motifs is 1. The summed E-state index contributed by atoms with van der Waals surface area (Å²) < 4.78 is 15.9. The van der Waals surface area contributed by atoms with Crippen molar-refractivity contribution in [3.8, 4) is 11.5 Å². The van der Waals surface area contributed by atoms with E-state index in [1.54, 1.807) is 45.5 Å². The topological polar surface area (TPSA) is 69.0 Å². The second-order valence-corrected chi connectivity index (χ2v) is 6.28. The molecule has 0 unspecified atom stereocenters. The van der Waals surface area contributed by atoms with Crippen LogP contribution in [0.2, 0.25) is 0 Å². The van der Waals surface area contributed by atoms with E-state index in [4.69, 9.17) is 13.9 Å². The number of rotatable bonds is 5. The Morgan fingerprint density at radius 3 is 2.44 bits per heavy atom. The number of nitrogens with zero attached hydrogens (tertiary/aromatic N) is 1. The summed E-state index contributed by atoms with van der Waals surface area (Å²) in [6, 6.07) is 12.4. The van der Waals surface area contributed by atoms with Gasteiger partial charge in [0.15, 0.2) is 11.5 Å². The maximum Gasteiger partial charge on any atom is 0.349 e. The first-order valence-corrected chi connectivity index (χ1v) is 8.44. The first-order chi connectivity index (χ1) is 12.9. The normalized spacial score (nSPS) is 10.7. The number of methoxy groups -OCH3 is 2. The standard InChI is InChI=1S/C21H21NO5/c1-13-9-18(25-3)19(26-4)11-15(13)12-22(2)20(23)16-10-14-7-5-6-8-17(14)27-21(16)24/h5-11H,12H2,1-4H3. The fourth-order valence-corrected chi connectivity index (χ4v) is 2.94. The van der Waals surface area contributed by atoms with E-state index >= 15 is 0 Å². The van der Waals surface area contributed by atoms with Crippen molar-refractivity contribution >= 4 is 16.9 Å². The average molecular weight is 367 g/mol. The molecule has 0 saturated carbocycles. The van der Waals surface area contributed by atoms with Gasteiger partial charge in [-0.25, -0.2) is 4.79 Å². The summed E-state index contributed by atoms with van der Waals surface area (Å²) in [6.45, 7) is 2.25. The molecule has 1 aromatic heterocycles. The molecule has 0 aliphatic carbocycles. The highest BCUT2D eigenvalue weighted by molar-refractivity contribution is 5.96. The molecular formula is C21H21NO5. The lowest BCUT2D eigenvalue weighted by Crippen LogP contribution is -2.30. The van der Waals surface area contributed by atoms with Crippen LogP contribution in [0.1, 0.15) is 21.5 Å². The van der Waals surface area contributed by atoms with Gasteiger partial charge in [0.05, 0.1) is 14.2 Å². The summed E-state index contributed by atoms with van der Waals surface area (Å²) in [5.41, 5.74) is 1.67. The zero-order valence-electron chi connectivity index (χ0n) is 15.7. The number of amides is 1. The van der Waals surface area contributed by atoms with Crippen LogP contribution in [0.5, 0.6) is 11.5 Å². The van der Waals surface area contributed by atoms with Crippen LogP contribution in [0.25, 0.3) is 11.0 Å². The number of ether oxygens (including phenoxy) is 2. The highest BCUT2D eigenvalue weighted by atomic mass is 16.5. The van der Waals surface area contributed by atoms with E-state index in [1.165, 1.54) is 4.90 Å². The maximum atomic E-state index is 12.8. The first kappa shape index (κ1) is 18.5. The van der Waals surface area contributed by atoms with Crippen molar-refractivity contribution < 1.29 is 18.7 Å². The highest BCUT2D eigenvalue weighted by Gasteiger charge is 2.19. The molecule has 3 aromatic rings. The quantitative estimate of drug-likeness (QED) is 0.647. The third-order valence-electron chi connectivity index (χ3n) is 4.47. The number of para-hydroxylation sites is 1. The Bertz CT molecular complexity index is 1050. The van der Waals surface area contributed by atoms with Gasteiger partial charge >= 0.3 is 5.63 Å². The van der Waals surface area contributed by atoms with Crippen molar-refractivity contribution in [1.82, 2.24) is 4.90 Å². The van der Waals surface area contributed by atoms with Crippen molar-refractivity contribution in [2.75, 3.05) is 21.3 Å². The number of hydrogen-bond donors (Lipinski definition) is 0. The molecule has 0 aliphatic heterocycles. The molecule has 0 fully saturated rings. The van der Waals surface area contributed by atoms with Crippen LogP contribution in [0.4, 0.5) is 0 Å². The molecule has 1 heterocycles. The van der Waals surface area contributed by atoms with Crippen LogP contribution < -0.4 is 15.1 Å². The fourth-order valence-electron chi connectivity index (χ4n) is 2.94. The van der Waals surface area contributed by atoms with Gasteiger partial charge in [0.2, 0.25) is 0 Å². The van der Waals surface area contributed by atoms with E-state index < -0.39 is 11.5 Å². The minimum atomic E-state index is -0.644. The summed E-state index contributed by atoms with van der Waals surface area (Å²) in [5.74, 6) is 0.816. The Morgan fingerprint density at radius 1 is 1.07 bits per heavy atom. The molecular weight excluding hydrogens is 346 g/mol. The SMILES string of the molecule is COc1cc(C)c(CN(C)C(=O)c2cc3ccccc3oc2=O)cc1OC. The van der Waals surface area contributed by atoms with Crippen LogP contribution in [-0.4, -0.2) is 32.1 Å². The molecule has 0 saturated heterocycles. The Morgan fingerprint density at radius 2 is 1.74 bits per heavy atom. The summed E-state index contributed by atoms with van der Waals surface area (Å²) in [4.78, 5) is 26.5. The Balaban J connectivity index is 1.91. The summed E-state index contributed by atoms with van der Waals surface area (Å²) in [7, 11) is 4.78. The number of carbonyl (C=O) groups excluding carboxylic acids is 1. The number of benzene rings is 2. The molecule has 6 nitrogen and oxygen atoms in total. The van der Waals surface area contributed by atoms with E-state index in [0.717, 1.165) is 11.1 Å². The predicted octanol–water partition coefficient (Wildman–Crippen LogP) is 3.39. The maximum absolute atomic E-state index is 12.8. The van der Waals surface area contributed by atoms with Gasteiger partial charge in [-0.15, -0.1) is 0 Å². The van der Waals surface area contributed by atoms with Gasteiger partial charge < -0.3 is 18.8 Å². The molecule has 0 spiro atoms. The zero-order valence-corrected chi connectivity index (χ0v) is 15.7. The van der Waals surface area contributed by atoms with Crippen molar-refractivity contribution in [3.05, 3.63) is 69.6 Å². The Hall–Kier alpha value is -3.28. The van der Waals surface area contributed by atoms with E-state index in [1.807, 2.05) is 25.1 Å². The first-order valence-electron chi connectivity index (χ1n) is 8.44. The molecule has 0 bridgehead atoms. The second kappa shape index (κ2) is 7.53. The molecule has 1 amide bonds. The molecule has 3 rings (SSSR count). The van der Waals surface area contributed by atoms with Crippen molar-refractivity contribution in [2.24, 2.45) is 0 Å². The largest absolute Gasteiger partial charge is 0.493 e. The smallest absolute Gasteiger partial charge is 0.349 e. The van der Waals surface area contributed by atoms with Crippen LogP contribution in [-0.2, 0) is 6.54 Å². The van der Waals surface area contributed by atoms with E-state index in [9.17, 15) is 9.59 Å². The molecule has 0 radical (unpaired) electrons. The van der Waals surface area contributed by atoms with Gasteiger partial charge in [-0.2, -0.15) is 0 Å². The Kier molecular flexibility index (Phi) is 5.16. The molecule has 2 aromatic carbocycles. The lowest BCUT2D eigenvalue weighted by Gasteiger charge is -2.19. The molecule has 0 N–H and O–H groups in total. The van der Waals surface area contributed by atoms with Gasteiger partial charge in [0.25, 0.3) is 5.91 Å². The predicted molar refractivity (Wildman–Crippen MR) is 103 cm³/mol. The summed E-state index contributed by atoms with van der Waals surface area (Å²) in [5, 5.41) is 0.705. The minimum absolute atomic E-state index is 0.00864. The number of hydrogen-bond acceptors (Lipinski definition) is 5. The lowest BCUT2D eigenvalue weighted by molar-refractivity contribution is 0.0780. The van der Waals surface area contributed by atoms with Crippen molar-refractivity contribution in [1.29, 1.82) is 0 Å². The van der Waals surface area contributed by atoms with Gasteiger partial charge in [0, 0.05) is 19.0 Å². The molecule has 0 atom stereocenters. The highest BCUT2D eigenvalue weighted by Crippen LogP contribution is 2.30. The van der Waals surface area contributed by atoms with Gasteiger partial charge in [0.1, 0.15) is 11.1 Å². The van der Waals surface area contributed by atoms with Crippen LogP contribution in [0.3, 0.4) is 0 Å². The van der Waals surface area contributed by atoms with Crippen molar-refractivity contribution in [3.63, 3.8) is 0 Å². The van der Waals surface area contributed by atoms with E-state index in [2.05, 4.69) is 0 Å². The average Bonchev–Trinajstić information content (AvgIpc) is 2.67. The van der Waals surface area contributed by atoms with Crippen LogP contribution in [0, 0.1) is 6.92 Å². The molecule has 6 heteroatoms. The van der Waals surface area contributed by atoms with Crippen molar-refractivity contribution in [2.45, 2.75) is 13.5 Å². The van der Waals surface area contributed by atoms with Crippen LogP contribution >= 0.6 is 0 Å². The zero-order chi connectivity index (χ0) is 19.6. The van der Waals surface area contributed by atoms with Gasteiger partial charge in [-0.05, 0) is 42.3 Å². The summed E-state index contributed by atoms with van der Waals surface area (Å²) in [6.07, 6.45) is 0. The lowest BCUT2D eigenvalue weighted by atomic mass is 10.1. The van der Waals surface area contributed by atoms with Gasteiger partial charge in [-0.1, -0.05) is 18.2 Å². The Labute approximate surface area is 156 Å². The van der Waals surface area contributed by atoms with E-state index in [-0.39, 0.29) is 5.56 Å². The number of aryl methyl sites for hydroxylation is 1. The molecule has 0 aliphatic rings. The van der Waals surface area contributed by atoms with Crippen LogP contribution in [0.15, 0.2) is 51.7 Å².